The Balaban J connectivity index is 1.74. The molecule has 2 N–H and O–H groups in total. The van der Waals surface area contributed by atoms with Crippen LogP contribution in [0.15, 0.2) is 39.1 Å². The Bertz CT molecular complexity index is 717. The topological polar surface area (TPSA) is 44.4 Å². The minimum absolute atomic E-state index is 0.0960. The molecule has 0 spiro atoms. The van der Waals surface area contributed by atoms with E-state index in [0.717, 1.165) is 41.0 Å². The van der Waals surface area contributed by atoms with Gasteiger partial charge in [0.1, 0.15) is 0 Å². The van der Waals surface area contributed by atoms with Gasteiger partial charge in [-0.05, 0) is 46.8 Å². The molecule has 24 heavy (non-hydrogen) atoms. The molecule has 0 bridgehead atoms. The number of carbonyl (C=O) groups is 1. The number of halogens is 1. The van der Waals surface area contributed by atoms with Crippen LogP contribution in [-0.4, -0.2) is 41.0 Å². The number of amides is 1. The van der Waals surface area contributed by atoms with Crippen LogP contribution in [-0.2, 0) is 4.79 Å². The monoisotopic (exact) mass is 437 g/mol. The first-order valence-corrected chi connectivity index (χ1v) is 10.8. The fraction of sp³-hybridized carbons (Fsp3) is 0.368. The van der Waals surface area contributed by atoms with E-state index >= 15 is 0 Å². The Morgan fingerprint density at radius 3 is 2.88 bits per heavy atom. The molecule has 0 atom stereocenters. The molecule has 0 aromatic heterocycles. The fourth-order valence-corrected chi connectivity index (χ4v) is 5.33. The van der Waals surface area contributed by atoms with Crippen LogP contribution in [0.25, 0.3) is 6.08 Å². The summed E-state index contributed by atoms with van der Waals surface area (Å²) in [6.45, 7) is 7.95. The maximum atomic E-state index is 12.7. The number of nitrogens with zero attached hydrogens (tertiary/aromatic N) is 1. The molecule has 1 aromatic rings. The number of rotatable bonds is 6. The molecule has 3 rings (SSSR count). The second-order valence-electron chi connectivity index (χ2n) is 5.82. The summed E-state index contributed by atoms with van der Waals surface area (Å²) in [6, 6.07) is 8.26. The quantitative estimate of drug-likeness (QED) is 0.672. The van der Waals surface area contributed by atoms with Gasteiger partial charge in [-0.2, -0.15) is 0 Å². The van der Waals surface area contributed by atoms with Gasteiger partial charge in [0.2, 0.25) is 0 Å². The maximum Gasteiger partial charge on any atom is 0.259 e. The summed E-state index contributed by atoms with van der Waals surface area (Å²) in [4.78, 5) is 15.0. The zero-order chi connectivity index (χ0) is 16.9. The highest BCUT2D eigenvalue weighted by Crippen LogP contribution is 2.37. The van der Waals surface area contributed by atoms with Crippen LogP contribution in [0.5, 0.6) is 0 Å². The molecule has 0 fully saturated rings. The number of fused-ring (bicyclic) bond motifs is 2. The van der Waals surface area contributed by atoms with E-state index in [4.69, 9.17) is 0 Å². The molecule has 2 aliphatic heterocycles. The van der Waals surface area contributed by atoms with E-state index in [1.165, 1.54) is 11.1 Å². The molecule has 0 saturated carbocycles. The number of carbonyl (C=O) groups excluding carboxylic acids is 1. The van der Waals surface area contributed by atoms with Gasteiger partial charge in [0.05, 0.1) is 9.28 Å². The minimum atomic E-state index is -0.343. The predicted molar refractivity (Wildman–Crippen MR) is 111 cm³/mol. The third-order valence-corrected chi connectivity index (χ3v) is 6.91. The molecule has 2 aliphatic rings. The van der Waals surface area contributed by atoms with Crippen molar-refractivity contribution in [1.29, 1.82) is 0 Å². The normalized spacial score (nSPS) is 15.9. The highest BCUT2D eigenvalue weighted by molar-refractivity contribution is 14.2. The molecular formula is C19H24IN3O. The van der Waals surface area contributed by atoms with Crippen molar-refractivity contribution in [3.05, 3.63) is 44.7 Å². The van der Waals surface area contributed by atoms with Crippen molar-refractivity contribution in [2.45, 2.75) is 20.3 Å². The molecule has 1 aromatic carbocycles. The Kier molecular flexibility index (Phi) is 5.84. The minimum Gasteiger partial charge on any atom is -0.354 e. The highest BCUT2D eigenvalue weighted by Gasteiger charge is 2.23. The SMILES string of the molecule is CCN(CC)CCNC(=O)C1=C2Nc3ccccc3C=C2CC=I1. The third kappa shape index (κ3) is 3.78. The first-order chi connectivity index (χ1) is 11.7. The standard InChI is InChI=1S/C19H24IN3O/c1-3-23(4-2)12-11-21-19(24)17-18-15(9-10-20-17)13-14-7-5-6-8-16(14)22-18/h5-8,10,13,22H,3-4,9,11-12H2,1-2H3,(H,21,24). The van der Waals surface area contributed by atoms with E-state index in [1.54, 1.807) is 0 Å². The number of hydrogen-bond acceptors (Lipinski definition) is 3. The number of para-hydroxylation sites is 1. The fourth-order valence-electron chi connectivity index (χ4n) is 2.93. The summed E-state index contributed by atoms with van der Waals surface area (Å²) in [7, 11) is 0. The lowest BCUT2D eigenvalue weighted by Gasteiger charge is -2.25. The number of anilines is 1. The van der Waals surface area contributed by atoms with Crippen LogP contribution in [0.3, 0.4) is 0 Å². The Morgan fingerprint density at radius 1 is 1.29 bits per heavy atom. The average Bonchev–Trinajstić information content (AvgIpc) is 2.63. The maximum absolute atomic E-state index is 12.7. The van der Waals surface area contributed by atoms with Crippen LogP contribution >= 0.6 is 20.7 Å². The van der Waals surface area contributed by atoms with Crippen molar-refractivity contribution in [2.75, 3.05) is 31.5 Å². The summed E-state index contributed by atoms with van der Waals surface area (Å²) in [5.41, 5.74) is 4.57. The van der Waals surface area contributed by atoms with Crippen molar-refractivity contribution in [1.82, 2.24) is 10.2 Å². The second kappa shape index (κ2) is 8.07. The van der Waals surface area contributed by atoms with Gasteiger partial charge in [0, 0.05) is 18.8 Å². The largest absolute Gasteiger partial charge is 0.354 e. The van der Waals surface area contributed by atoms with Crippen molar-refractivity contribution >= 4 is 42.4 Å². The molecule has 0 saturated heterocycles. The van der Waals surface area contributed by atoms with E-state index in [2.05, 4.69) is 51.6 Å². The van der Waals surface area contributed by atoms with Gasteiger partial charge in [-0.25, -0.2) is 0 Å². The van der Waals surface area contributed by atoms with Crippen LogP contribution in [0.2, 0.25) is 0 Å². The van der Waals surface area contributed by atoms with Crippen molar-refractivity contribution in [3.63, 3.8) is 0 Å². The van der Waals surface area contributed by atoms with Crippen molar-refractivity contribution in [3.8, 4) is 0 Å². The van der Waals surface area contributed by atoms with Gasteiger partial charge in [0.15, 0.2) is 0 Å². The lowest BCUT2D eigenvalue weighted by molar-refractivity contribution is -0.116. The Morgan fingerprint density at radius 2 is 2.08 bits per heavy atom. The van der Waals surface area contributed by atoms with Gasteiger partial charge in [-0.3, -0.25) is 4.79 Å². The van der Waals surface area contributed by atoms with Gasteiger partial charge in [-0.15, -0.1) is 0 Å². The number of allylic oxidation sites excluding steroid dienone is 1. The van der Waals surface area contributed by atoms with Crippen LogP contribution in [0.4, 0.5) is 5.69 Å². The number of hydrogen-bond donors (Lipinski definition) is 2. The van der Waals surface area contributed by atoms with E-state index in [-0.39, 0.29) is 26.6 Å². The summed E-state index contributed by atoms with van der Waals surface area (Å²) >= 11 is -0.343. The van der Waals surface area contributed by atoms with Crippen LogP contribution in [0.1, 0.15) is 25.8 Å². The third-order valence-electron chi connectivity index (χ3n) is 4.38. The number of nitrogens with one attached hydrogen (secondary N) is 2. The van der Waals surface area contributed by atoms with Gasteiger partial charge in [-0.1, -0.05) is 52.8 Å². The Hall–Kier alpha value is -1.47. The highest BCUT2D eigenvalue weighted by atomic mass is 127. The zero-order valence-corrected chi connectivity index (χ0v) is 16.4. The molecule has 2 heterocycles. The number of likely N-dealkylation sites (N-methyl/N-ethyl adjacent to an activating group) is 1. The number of benzene rings is 1. The summed E-state index contributed by atoms with van der Waals surface area (Å²) in [6.07, 6.45) is 3.17. The molecule has 128 valence electrons. The molecule has 0 unspecified atom stereocenters. The second-order valence-corrected chi connectivity index (χ2v) is 8.40. The zero-order valence-electron chi connectivity index (χ0n) is 14.2. The smallest absolute Gasteiger partial charge is 0.259 e. The summed E-state index contributed by atoms with van der Waals surface area (Å²) in [5.74, 6) is 0.0960. The van der Waals surface area contributed by atoms with E-state index < -0.39 is 0 Å². The van der Waals surface area contributed by atoms with E-state index in [0.29, 0.717) is 6.54 Å². The lowest BCUT2D eigenvalue weighted by Crippen LogP contribution is -2.35. The lowest BCUT2D eigenvalue weighted by atomic mass is 9.99. The van der Waals surface area contributed by atoms with Gasteiger partial charge >= 0.3 is 0 Å². The van der Waals surface area contributed by atoms with Crippen LogP contribution < -0.4 is 10.6 Å². The molecule has 4 nitrogen and oxygen atoms in total. The predicted octanol–water partition coefficient (Wildman–Crippen LogP) is 3.34. The van der Waals surface area contributed by atoms with Crippen LogP contribution in [0, 0.1) is 0 Å². The summed E-state index contributed by atoms with van der Waals surface area (Å²) in [5, 5.41) is 6.61. The molecule has 0 radical (unpaired) electrons. The molecule has 1 amide bonds. The summed E-state index contributed by atoms with van der Waals surface area (Å²) < 4.78 is 3.25. The Labute approximate surface area is 153 Å². The van der Waals surface area contributed by atoms with Gasteiger partial charge in [0.25, 0.3) is 5.91 Å². The molecular weight excluding hydrogens is 413 g/mol. The first kappa shape index (κ1) is 17.4. The van der Waals surface area contributed by atoms with E-state index in [1.807, 2.05) is 12.1 Å². The molecule has 5 heteroatoms. The van der Waals surface area contributed by atoms with Crippen molar-refractivity contribution < 1.29 is 4.79 Å². The van der Waals surface area contributed by atoms with Crippen molar-refractivity contribution in [2.24, 2.45) is 0 Å². The first-order valence-electron chi connectivity index (χ1n) is 8.49. The molecule has 0 aliphatic carbocycles. The van der Waals surface area contributed by atoms with Gasteiger partial charge < -0.3 is 15.5 Å². The van der Waals surface area contributed by atoms with E-state index in [9.17, 15) is 4.79 Å². The average molecular weight is 437 g/mol.